The molecule has 0 radical (unpaired) electrons. The number of fused-ring (bicyclic) bond motifs is 2. The summed E-state index contributed by atoms with van der Waals surface area (Å²) in [7, 11) is 0. The molecule has 3 aromatic rings. The number of rotatable bonds is 5. The third-order valence-electron chi connectivity index (χ3n) is 4.73. The molecule has 0 saturated carbocycles. The van der Waals surface area contributed by atoms with Crippen molar-refractivity contribution in [1.82, 2.24) is 14.6 Å². The van der Waals surface area contributed by atoms with Crippen molar-refractivity contribution in [1.29, 1.82) is 0 Å². The topological polar surface area (TPSA) is 80.9 Å². The average Bonchev–Trinajstić information content (AvgIpc) is 3.12. The van der Waals surface area contributed by atoms with Crippen LogP contribution in [0.1, 0.15) is 31.9 Å². The second-order valence-corrected chi connectivity index (χ2v) is 7.83. The fraction of sp³-hybridized carbons (Fsp3) is 0.400. The lowest BCUT2D eigenvalue weighted by atomic mass is 10.00. The number of hydrogen-bond acceptors (Lipinski definition) is 6. The van der Waals surface area contributed by atoms with Gasteiger partial charge in [-0.25, -0.2) is 8.91 Å². The van der Waals surface area contributed by atoms with Gasteiger partial charge >= 0.3 is 0 Å². The molecule has 0 saturated heterocycles. The van der Waals surface area contributed by atoms with E-state index in [1.807, 2.05) is 26.8 Å². The fourth-order valence-electron chi connectivity index (χ4n) is 3.46. The molecular formula is C20H23FN4O3. The highest BCUT2D eigenvalue weighted by molar-refractivity contribution is 5.68. The highest BCUT2D eigenvalue weighted by Crippen LogP contribution is 2.39. The Balaban J connectivity index is 1.70. The first-order valence-electron chi connectivity index (χ1n) is 9.16. The Bertz CT molecular complexity index is 1050. The lowest BCUT2D eigenvalue weighted by Crippen LogP contribution is -2.27. The van der Waals surface area contributed by atoms with Gasteiger partial charge in [0.2, 0.25) is 5.88 Å². The van der Waals surface area contributed by atoms with Crippen molar-refractivity contribution in [2.75, 3.05) is 11.9 Å². The highest BCUT2D eigenvalue weighted by atomic mass is 19.1. The van der Waals surface area contributed by atoms with Crippen molar-refractivity contribution in [2.24, 2.45) is 0 Å². The molecule has 8 heteroatoms. The molecule has 0 amide bonds. The molecular weight excluding hydrogens is 363 g/mol. The number of anilines is 1. The highest BCUT2D eigenvalue weighted by Gasteiger charge is 2.31. The molecule has 0 spiro atoms. The Labute approximate surface area is 162 Å². The van der Waals surface area contributed by atoms with Crippen LogP contribution >= 0.6 is 0 Å². The van der Waals surface area contributed by atoms with Crippen molar-refractivity contribution in [3.63, 3.8) is 0 Å². The summed E-state index contributed by atoms with van der Waals surface area (Å²) < 4.78 is 28.1. The van der Waals surface area contributed by atoms with Gasteiger partial charge in [-0.2, -0.15) is 10.1 Å². The van der Waals surface area contributed by atoms with E-state index in [-0.39, 0.29) is 29.6 Å². The molecule has 1 aliphatic heterocycles. The predicted molar refractivity (Wildman–Crippen MR) is 103 cm³/mol. The molecule has 3 heterocycles. The van der Waals surface area contributed by atoms with Gasteiger partial charge in [0.05, 0.1) is 12.3 Å². The first-order chi connectivity index (χ1) is 13.2. The standard InChI is InChI=1S/C20H23FN4O3/c1-11(26)9-27-16-8-25-18(12(16)2)19(22-10-23-25)28-15-6-5-14-13(17(15)21)7-20(3,4)24-14/h5-6,8,10-11,24,26H,7,9H2,1-4H3/t11-/m1/s1. The number of hydrogen-bond donors (Lipinski definition) is 2. The Morgan fingerprint density at radius 1 is 1.36 bits per heavy atom. The average molecular weight is 386 g/mol. The van der Waals surface area contributed by atoms with Gasteiger partial charge in [-0.05, 0) is 46.2 Å². The Hall–Kier alpha value is -2.87. The Morgan fingerprint density at radius 3 is 2.89 bits per heavy atom. The quantitative estimate of drug-likeness (QED) is 0.699. The van der Waals surface area contributed by atoms with Gasteiger partial charge in [-0.3, -0.25) is 0 Å². The fourth-order valence-corrected chi connectivity index (χ4v) is 3.46. The minimum Gasteiger partial charge on any atom is -0.489 e. The molecule has 2 aromatic heterocycles. The molecule has 1 atom stereocenters. The van der Waals surface area contributed by atoms with Crippen molar-refractivity contribution < 1.29 is 19.0 Å². The molecule has 1 aromatic carbocycles. The maximum atomic E-state index is 15.1. The van der Waals surface area contributed by atoms with Crippen LogP contribution in [0.4, 0.5) is 10.1 Å². The summed E-state index contributed by atoms with van der Waals surface area (Å²) >= 11 is 0. The van der Waals surface area contributed by atoms with Crippen LogP contribution in [0.15, 0.2) is 24.7 Å². The zero-order chi connectivity index (χ0) is 20.1. The molecule has 0 aliphatic carbocycles. The predicted octanol–water partition coefficient (Wildman–Crippen LogP) is 3.48. The van der Waals surface area contributed by atoms with Crippen LogP contribution in [0.25, 0.3) is 5.52 Å². The minimum atomic E-state index is -0.595. The van der Waals surface area contributed by atoms with E-state index >= 15 is 4.39 Å². The Morgan fingerprint density at radius 2 is 2.14 bits per heavy atom. The van der Waals surface area contributed by atoms with Crippen LogP contribution in [0.3, 0.4) is 0 Å². The van der Waals surface area contributed by atoms with Crippen LogP contribution < -0.4 is 14.8 Å². The van der Waals surface area contributed by atoms with Crippen molar-refractivity contribution in [3.05, 3.63) is 41.6 Å². The summed E-state index contributed by atoms with van der Waals surface area (Å²) in [5, 5.41) is 16.9. The van der Waals surface area contributed by atoms with Crippen molar-refractivity contribution >= 4 is 11.2 Å². The van der Waals surface area contributed by atoms with E-state index < -0.39 is 6.10 Å². The van der Waals surface area contributed by atoms with Crippen molar-refractivity contribution in [3.8, 4) is 17.4 Å². The number of aromatic nitrogens is 3. The third-order valence-corrected chi connectivity index (χ3v) is 4.73. The summed E-state index contributed by atoms with van der Waals surface area (Å²) in [5.41, 5.74) is 2.54. The van der Waals surface area contributed by atoms with Gasteiger partial charge in [0.25, 0.3) is 0 Å². The maximum Gasteiger partial charge on any atom is 0.247 e. The summed E-state index contributed by atoms with van der Waals surface area (Å²) in [6, 6.07) is 3.42. The SMILES string of the molecule is Cc1c(OC[C@@H](C)O)cn2ncnc(Oc3ccc4c(c3F)CC(C)(C)N4)c12. The number of ether oxygens (including phenoxy) is 2. The van der Waals surface area contributed by atoms with E-state index in [9.17, 15) is 5.11 Å². The maximum absolute atomic E-state index is 15.1. The number of aliphatic hydroxyl groups is 1. The van der Waals surface area contributed by atoms with E-state index in [1.54, 1.807) is 23.7 Å². The number of nitrogens with zero attached hydrogens (tertiary/aromatic N) is 3. The molecule has 4 rings (SSSR count). The largest absolute Gasteiger partial charge is 0.489 e. The number of aryl methyl sites for hydroxylation is 1. The first kappa shape index (κ1) is 18.5. The molecule has 2 N–H and O–H groups in total. The summed E-state index contributed by atoms with van der Waals surface area (Å²) in [6.07, 6.45) is 3.01. The molecule has 0 bridgehead atoms. The third kappa shape index (κ3) is 3.24. The lowest BCUT2D eigenvalue weighted by Gasteiger charge is -2.17. The van der Waals surface area contributed by atoms with Gasteiger partial charge in [0.1, 0.15) is 24.2 Å². The summed E-state index contributed by atoms with van der Waals surface area (Å²) in [4.78, 5) is 4.19. The van der Waals surface area contributed by atoms with Gasteiger partial charge in [-0.1, -0.05) is 0 Å². The molecule has 28 heavy (non-hydrogen) atoms. The van der Waals surface area contributed by atoms with E-state index in [4.69, 9.17) is 9.47 Å². The molecule has 0 fully saturated rings. The van der Waals surface area contributed by atoms with Gasteiger partial charge in [-0.15, -0.1) is 0 Å². The second kappa shape index (κ2) is 6.63. The van der Waals surface area contributed by atoms with Crippen LogP contribution in [0.5, 0.6) is 17.4 Å². The molecule has 148 valence electrons. The van der Waals surface area contributed by atoms with Gasteiger partial charge in [0.15, 0.2) is 11.6 Å². The zero-order valence-corrected chi connectivity index (χ0v) is 16.3. The smallest absolute Gasteiger partial charge is 0.247 e. The zero-order valence-electron chi connectivity index (χ0n) is 16.3. The second-order valence-electron chi connectivity index (χ2n) is 7.83. The van der Waals surface area contributed by atoms with E-state index in [1.165, 1.54) is 6.33 Å². The number of nitrogens with one attached hydrogen (secondary N) is 1. The monoisotopic (exact) mass is 386 g/mol. The lowest BCUT2D eigenvalue weighted by molar-refractivity contribution is 0.122. The molecule has 7 nitrogen and oxygen atoms in total. The van der Waals surface area contributed by atoms with Gasteiger partial charge < -0.3 is 19.9 Å². The van der Waals surface area contributed by atoms with Gasteiger partial charge in [0, 0.05) is 22.4 Å². The van der Waals surface area contributed by atoms with E-state index in [0.29, 0.717) is 23.3 Å². The molecule has 1 aliphatic rings. The van der Waals surface area contributed by atoms with Crippen LogP contribution in [0, 0.1) is 12.7 Å². The van der Waals surface area contributed by atoms with Crippen LogP contribution in [-0.4, -0.2) is 38.0 Å². The van der Waals surface area contributed by atoms with E-state index in [2.05, 4.69) is 15.4 Å². The Kier molecular flexibility index (Phi) is 4.38. The molecule has 0 unspecified atom stereocenters. The van der Waals surface area contributed by atoms with E-state index in [0.717, 1.165) is 11.3 Å². The number of benzene rings is 1. The number of halogens is 1. The van der Waals surface area contributed by atoms with Crippen LogP contribution in [-0.2, 0) is 6.42 Å². The normalized spacial score (nSPS) is 15.9. The van der Waals surface area contributed by atoms with Crippen LogP contribution in [0.2, 0.25) is 0 Å². The number of aliphatic hydroxyl groups excluding tert-OH is 1. The van der Waals surface area contributed by atoms with Crippen molar-refractivity contribution in [2.45, 2.75) is 45.8 Å². The summed E-state index contributed by atoms with van der Waals surface area (Å²) in [6.45, 7) is 7.70. The minimum absolute atomic E-state index is 0.117. The summed E-state index contributed by atoms with van der Waals surface area (Å²) in [5.74, 6) is 0.531. The first-order valence-corrected chi connectivity index (χ1v) is 9.16.